The first kappa shape index (κ1) is 16.0. The zero-order valence-corrected chi connectivity index (χ0v) is 14.1. The molecule has 1 aromatic carbocycles. The molecular weight excluding hydrogens is 290 g/mol. The average molecular weight is 315 g/mol. The number of nitrogens with one attached hydrogen (secondary N) is 1. The van der Waals surface area contributed by atoms with E-state index in [1.807, 2.05) is 13.0 Å². The number of nitrogens with zero attached hydrogens (tertiary/aromatic N) is 2. The quantitative estimate of drug-likeness (QED) is 0.883. The molecule has 0 spiro atoms. The molecule has 1 unspecified atom stereocenters. The summed E-state index contributed by atoms with van der Waals surface area (Å²) in [5, 5.41) is 11.6. The van der Waals surface area contributed by atoms with Crippen LogP contribution in [0, 0.1) is 6.92 Å². The largest absolute Gasteiger partial charge is 0.497 e. The minimum absolute atomic E-state index is 0.0549. The van der Waals surface area contributed by atoms with Crippen molar-refractivity contribution in [1.29, 1.82) is 0 Å². The molecule has 0 aliphatic heterocycles. The van der Waals surface area contributed by atoms with Gasteiger partial charge in [0.1, 0.15) is 5.75 Å². The zero-order valence-electron chi connectivity index (χ0n) is 14.1. The monoisotopic (exact) mass is 315 g/mol. The lowest BCUT2D eigenvalue weighted by Crippen LogP contribution is -2.37. The van der Waals surface area contributed by atoms with Crippen LogP contribution in [0.25, 0.3) is 0 Å². The topological polar surface area (TPSA) is 60.2 Å². The Morgan fingerprint density at radius 2 is 2.09 bits per heavy atom. The van der Waals surface area contributed by atoms with Crippen molar-refractivity contribution in [2.24, 2.45) is 0 Å². The number of ether oxygens (including phenoxy) is 1. The van der Waals surface area contributed by atoms with Crippen LogP contribution in [0.4, 0.5) is 0 Å². The van der Waals surface area contributed by atoms with Crippen LogP contribution in [0.15, 0.2) is 28.7 Å². The second-order valence-corrected chi connectivity index (χ2v) is 6.48. The molecule has 1 N–H and O–H groups in total. The third kappa shape index (κ3) is 3.39. The Balaban J connectivity index is 1.75. The smallest absolute Gasteiger partial charge is 0.233 e. The molecule has 0 bridgehead atoms. The Hall–Kier alpha value is -1.88. The van der Waals surface area contributed by atoms with Crippen molar-refractivity contribution < 1.29 is 9.15 Å². The molecule has 5 heteroatoms. The van der Waals surface area contributed by atoms with Gasteiger partial charge in [-0.3, -0.25) is 0 Å². The number of hydrogen-bond donors (Lipinski definition) is 1. The maximum Gasteiger partial charge on any atom is 0.233 e. The van der Waals surface area contributed by atoms with Crippen molar-refractivity contribution in [3.63, 3.8) is 0 Å². The van der Waals surface area contributed by atoms with E-state index >= 15 is 0 Å². The summed E-state index contributed by atoms with van der Waals surface area (Å²) in [6.07, 6.45) is 4.94. The van der Waals surface area contributed by atoms with E-state index in [0.717, 1.165) is 12.3 Å². The number of benzene rings is 1. The van der Waals surface area contributed by atoms with Gasteiger partial charge in [-0.05, 0) is 37.5 Å². The highest BCUT2D eigenvalue weighted by Crippen LogP contribution is 2.41. The molecule has 124 valence electrons. The lowest BCUT2D eigenvalue weighted by molar-refractivity contribution is 0.344. The first-order valence-corrected chi connectivity index (χ1v) is 8.31. The summed E-state index contributed by atoms with van der Waals surface area (Å²) in [6, 6.07) is 8.54. The Morgan fingerprint density at radius 1 is 1.30 bits per heavy atom. The first-order valence-electron chi connectivity index (χ1n) is 8.31. The Morgan fingerprint density at radius 3 is 2.74 bits per heavy atom. The maximum atomic E-state index is 5.53. The van der Waals surface area contributed by atoms with Crippen LogP contribution in [0.2, 0.25) is 0 Å². The van der Waals surface area contributed by atoms with Gasteiger partial charge in [-0.25, -0.2) is 0 Å². The minimum Gasteiger partial charge on any atom is -0.497 e. The lowest BCUT2D eigenvalue weighted by Gasteiger charge is -2.31. The normalized spacial score (nSPS) is 18.0. The van der Waals surface area contributed by atoms with E-state index in [0.29, 0.717) is 11.8 Å². The van der Waals surface area contributed by atoms with Crippen LogP contribution in [-0.4, -0.2) is 23.9 Å². The molecule has 23 heavy (non-hydrogen) atoms. The number of aromatic nitrogens is 2. The zero-order chi connectivity index (χ0) is 16.3. The molecule has 5 nitrogen and oxygen atoms in total. The van der Waals surface area contributed by atoms with Crippen molar-refractivity contribution in [3.8, 4) is 5.75 Å². The van der Waals surface area contributed by atoms with E-state index in [2.05, 4.69) is 40.6 Å². The van der Waals surface area contributed by atoms with Gasteiger partial charge >= 0.3 is 0 Å². The minimum atomic E-state index is 0.0549. The van der Waals surface area contributed by atoms with Gasteiger partial charge in [0.05, 0.1) is 13.2 Å². The van der Waals surface area contributed by atoms with Crippen LogP contribution < -0.4 is 10.1 Å². The van der Waals surface area contributed by atoms with Gasteiger partial charge in [0.2, 0.25) is 11.8 Å². The molecule has 0 amide bonds. The summed E-state index contributed by atoms with van der Waals surface area (Å²) in [5.41, 5.74) is 1.52. The molecule has 1 aromatic heterocycles. The summed E-state index contributed by atoms with van der Waals surface area (Å²) in [4.78, 5) is 0. The second-order valence-electron chi connectivity index (χ2n) is 6.48. The third-order valence-corrected chi connectivity index (χ3v) is 4.90. The van der Waals surface area contributed by atoms with Gasteiger partial charge in [0, 0.05) is 18.9 Å². The van der Waals surface area contributed by atoms with Gasteiger partial charge < -0.3 is 14.5 Å². The fourth-order valence-electron chi connectivity index (χ4n) is 3.49. The van der Waals surface area contributed by atoms with E-state index in [4.69, 9.17) is 9.15 Å². The fraction of sp³-hybridized carbons (Fsp3) is 0.556. The van der Waals surface area contributed by atoms with Crippen LogP contribution in [0.3, 0.4) is 0 Å². The van der Waals surface area contributed by atoms with Gasteiger partial charge in [-0.1, -0.05) is 25.0 Å². The molecule has 1 atom stereocenters. The van der Waals surface area contributed by atoms with Crippen molar-refractivity contribution in [2.75, 3.05) is 13.7 Å². The van der Waals surface area contributed by atoms with Gasteiger partial charge in [0.25, 0.3) is 0 Å². The first-order chi connectivity index (χ1) is 11.1. The van der Waals surface area contributed by atoms with Gasteiger partial charge in [-0.2, -0.15) is 0 Å². The van der Waals surface area contributed by atoms with Crippen LogP contribution in [0.1, 0.15) is 56.0 Å². The SMILES string of the molecule is COc1cccc(C2(CNC(C)c3nnc(C)o3)CCCC2)c1. The summed E-state index contributed by atoms with van der Waals surface area (Å²) in [5.74, 6) is 2.19. The number of hydrogen-bond acceptors (Lipinski definition) is 5. The summed E-state index contributed by atoms with van der Waals surface area (Å²) >= 11 is 0. The van der Waals surface area contributed by atoms with E-state index in [1.165, 1.54) is 31.2 Å². The average Bonchev–Trinajstić information content (AvgIpc) is 3.22. The van der Waals surface area contributed by atoms with Crippen molar-refractivity contribution in [1.82, 2.24) is 15.5 Å². The lowest BCUT2D eigenvalue weighted by atomic mass is 9.78. The van der Waals surface area contributed by atoms with E-state index < -0.39 is 0 Å². The molecule has 1 aliphatic carbocycles. The van der Waals surface area contributed by atoms with Crippen LogP contribution in [-0.2, 0) is 5.41 Å². The molecule has 0 radical (unpaired) electrons. The van der Waals surface area contributed by atoms with Crippen molar-refractivity contribution >= 4 is 0 Å². The van der Waals surface area contributed by atoms with Crippen LogP contribution >= 0.6 is 0 Å². The molecule has 3 rings (SSSR count). The highest BCUT2D eigenvalue weighted by molar-refractivity contribution is 5.35. The molecule has 2 aromatic rings. The van der Waals surface area contributed by atoms with Crippen LogP contribution in [0.5, 0.6) is 5.75 Å². The highest BCUT2D eigenvalue weighted by atomic mass is 16.5. The number of aryl methyl sites for hydroxylation is 1. The number of rotatable bonds is 6. The predicted molar refractivity (Wildman–Crippen MR) is 88.6 cm³/mol. The van der Waals surface area contributed by atoms with Gasteiger partial charge in [0.15, 0.2) is 0 Å². The summed E-state index contributed by atoms with van der Waals surface area (Å²) in [7, 11) is 1.72. The fourth-order valence-corrected chi connectivity index (χ4v) is 3.49. The molecule has 0 saturated heterocycles. The van der Waals surface area contributed by atoms with Crippen molar-refractivity contribution in [2.45, 2.75) is 51.0 Å². The molecule has 1 aliphatic rings. The maximum absolute atomic E-state index is 5.53. The second kappa shape index (κ2) is 6.71. The third-order valence-electron chi connectivity index (χ3n) is 4.90. The Labute approximate surface area is 137 Å². The van der Waals surface area contributed by atoms with E-state index in [1.54, 1.807) is 7.11 Å². The molecule has 1 saturated carbocycles. The summed E-state index contributed by atoms with van der Waals surface area (Å²) < 4.78 is 10.9. The molecule has 1 heterocycles. The molecule has 1 fully saturated rings. The number of methoxy groups -OCH3 is 1. The molecular formula is C18H25N3O2. The van der Waals surface area contributed by atoms with Gasteiger partial charge in [-0.15, -0.1) is 10.2 Å². The van der Waals surface area contributed by atoms with Crippen molar-refractivity contribution in [3.05, 3.63) is 41.6 Å². The van der Waals surface area contributed by atoms with E-state index in [-0.39, 0.29) is 11.5 Å². The Kier molecular flexibility index (Phi) is 4.66. The van der Waals surface area contributed by atoms with E-state index in [9.17, 15) is 0 Å². The standard InChI is InChI=1S/C18H25N3O2/c1-13(17-21-20-14(2)23-17)19-12-18(9-4-5-10-18)15-7-6-8-16(11-15)22-3/h6-8,11,13,19H,4-5,9-10,12H2,1-3H3. The highest BCUT2D eigenvalue weighted by Gasteiger charge is 2.36. The Bertz CT molecular complexity index is 647. The summed E-state index contributed by atoms with van der Waals surface area (Å²) in [6.45, 7) is 4.79. The predicted octanol–water partition coefficient (Wildman–Crippen LogP) is 3.55.